The largest absolute Gasteiger partial charge is 0.360 e. The van der Waals surface area contributed by atoms with Crippen LogP contribution in [0, 0.1) is 11.3 Å². The molecule has 5 heteroatoms. The van der Waals surface area contributed by atoms with Crippen LogP contribution in [0.5, 0.6) is 0 Å². The van der Waals surface area contributed by atoms with Crippen molar-refractivity contribution in [2.75, 3.05) is 0 Å². The molecule has 4 nitrogen and oxygen atoms in total. The highest BCUT2D eigenvalue weighted by atomic mass is 35.5. The third-order valence-corrected chi connectivity index (χ3v) is 5.10. The first kappa shape index (κ1) is 17.0. The smallest absolute Gasteiger partial charge is 0.274 e. The van der Waals surface area contributed by atoms with Gasteiger partial charge in [-0.05, 0) is 41.9 Å². The monoisotopic (exact) mass is 346 g/mol. The number of aromatic nitrogens is 1. The van der Waals surface area contributed by atoms with Gasteiger partial charge < -0.3 is 9.84 Å². The number of halogens is 1. The fourth-order valence-corrected chi connectivity index (χ4v) is 3.32. The third-order valence-electron chi connectivity index (χ3n) is 4.85. The minimum atomic E-state index is -0.176. The normalized spacial score (nSPS) is 17.4. The van der Waals surface area contributed by atoms with E-state index in [0.717, 1.165) is 36.1 Å². The van der Waals surface area contributed by atoms with Crippen LogP contribution in [-0.2, 0) is 19.4 Å². The molecular formula is C19H23ClN2O2. The SMILES string of the molecule is CC(C)(C)[C@@H]1CCc2onc(C(=O)NCc3ccc(Cl)cc3)c2C1. The lowest BCUT2D eigenvalue weighted by Crippen LogP contribution is -2.29. The van der Waals surface area contributed by atoms with Gasteiger partial charge in [0.25, 0.3) is 5.91 Å². The number of carbonyl (C=O) groups excluding carboxylic acids is 1. The molecule has 3 rings (SSSR count). The third kappa shape index (κ3) is 3.64. The predicted octanol–water partition coefficient (Wildman–Crippen LogP) is 4.41. The number of aryl methyl sites for hydroxylation is 1. The minimum Gasteiger partial charge on any atom is -0.360 e. The Labute approximate surface area is 147 Å². The van der Waals surface area contributed by atoms with E-state index >= 15 is 0 Å². The van der Waals surface area contributed by atoms with E-state index in [0.29, 0.717) is 23.2 Å². The standard InChI is InChI=1S/C19H23ClN2O2/c1-19(2,3)13-6-9-16-15(10-13)17(22-24-16)18(23)21-11-12-4-7-14(20)8-5-12/h4-5,7-8,13H,6,9-11H2,1-3H3,(H,21,23)/t13-/m1/s1. The van der Waals surface area contributed by atoms with Crippen LogP contribution in [0.25, 0.3) is 0 Å². The van der Waals surface area contributed by atoms with Gasteiger partial charge in [-0.25, -0.2) is 0 Å². The van der Waals surface area contributed by atoms with Crippen molar-refractivity contribution in [2.45, 2.75) is 46.6 Å². The quantitative estimate of drug-likeness (QED) is 0.895. The molecule has 1 aromatic heterocycles. The lowest BCUT2D eigenvalue weighted by Gasteiger charge is -2.33. The van der Waals surface area contributed by atoms with E-state index in [9.17, 15) is 4.79 Å². The molecule has 0 unspecified atom stereocenters. The summed E-state index contributed by atoms with van der Waals surface area (Å²) >= 11 is 5.88. The molecule has 1 heterocycles. The number of fused-ring (bicyclic) bond motifs is 1. The number of rotatable bonds is 3. The molecule has 1 atom stereocenters. The van der Waals surface area contributed by atoms with Gasteiger partial charge in [-0.2, -0.15) is 0 Å². The summed E-state index contributed by atoms with van der Waals surface area (Å²) in [7, 11) is 0. The summed E-state index contributed by atoms with van der Waals surface area (Å²) in [6.45, 7) is 7.18. The van der Waals surface area contributed by atoms with Crippen LogP contribution in [0.15, 0.2) is 28.8 Å². The molecule has 0 spiro atoms. The van der Waals surface area contributed by atoms with Crippen molar-refractivity contribution in [3.63, 3.8) is 0 Å². The first-order valence-electron chi connectivity index (χ1n) is 8.34. The minimum absolute atomic E-state index is 0.176. The highest BCUT2D eigenvalue weighted by Crippen LogP contribution is 2.38. The van der Waals surface area contributed by atoms with Gasteiger partial charge in [0.05, 0.1) is 0 Å². The van der Waals surface area contributed by atoms with E-state index in [4.69, 9.17) is 16.1 Å². The molecule has 24 heavy (non-hydrogen) atoms. The molecule has 0 saturated heterocycles. The number of benzene rings is 1. The van der Waals surface area contributed by atoms with Crippen molar-refractivity contribution >= 4 is 17.5 Å². The van der Waals surface area contributed by atoms with Crippen molar-refractivity contribution in [3.8, 4) is 0 Å². The molecule has 0 aliphatic heterocycles. The Morgan fingerprint density at radius 1 is 1.33 bits per heavy atom. The molecule has 0 saturated carbocycles. The number of hydrogen-bond acceptors (Lipinski definition) is 3. The fourth-order valence-electron chi connectivity index (χ4n) is 3.19. The molecule has 1 aromatic carbocycles. The number of nitrogens with zero attached hydrogens (tertiary/aromatic N) is 1. The van der Waals surface area contributed by atoms with Crippen LogP contribution < -0.4 is 5.32 Å². The van der Waals surface area contributed by atoms with Crippen LogP contribution in [0.3, 0.4) is 0 Å². The zero-order valence-corrected chi connectivity index (χ0v) is 15.1. The summed E-state index contributed by atoms with van der Waals surface area (Å²) in [6, 6.07) is 7.43. The Kier molecular flexibility index (Phi) is 4.68. The summed E-state index contributed by atoms with van der Waals surface area (Å²) in [5.41, 5.74) is 2.63. The Morgan fingerprint density at radius 2 is 2.04 bits per heavy atom. The number of amides is 1. The van der Waals surface area contributed by atoms with E-state index in [-0.39, 0.29) is 11.3 Å². The number of nitrogens with one attached hydrogen (secondary N) is 1. The van der Waals surface area contributed by atoms with Gasteiger partial charge in [0.15, 0.2) is 5.69 Å². The van der Waals surface area contributed by atoms with E-state index in [1.165, 1.54) is 0 Å². The second-order valence-corrected chi connectivity index (χ2v) is 7.98. The number of carbonyl (C=O) groups is 1. The van der Waals surface area contributed by atoms with Crippen LogP contribution in [0.2, 0.25) is 5.02 Å². The van der Waals surface area contributed by atoms with Gasteiger partial charge in [-0.1, -0.05) is 49.7 Å². The average Bonchev–Trinajstić information content (AvgIpc) is 2.96. The molecule has 2 aromatic rings. The Hall–Kier alpha value is -1.81. The molecule has 1 N–H and O–H groups in total. The zero-order chi connectivity index (χ0) is 17.3. The van der Waals surface area contributed by atoms with Crippen molar-refractivity contribution in [1.82, 2.24) is 10.5 Å². The Balaban J connectivity index is 1.70. The van der Waals surface area contributed by atoms with Crippen LogP contribution in [0.1, 0.15) is 54.6 Å². The first-order chi connectivity index (χ1) is 11.3. The summed E-state index contributed by atoms with van der Waals surface area (Å²) in [5.74, 6) is 1.23. The Bertz CT molecular complexity index is 729. The van der Waals surface area contributed by atoms with Gasteiger partial charge >= 0.3 is 0 Å². The van der Waals surface area contributed by atoms with Gasteiger partial charge in [0.2, 0.25) is 0 Å². The highest BCUT2D eigenvalue weighted by Gasteiger charge is 2.34. The summed E-state index contributed by atoms with van der Waals surface area (Å²) < 4.78 is 5.41. The lowest BCUT2D eigenvalue weighted by molar-refractivity contribution is 0.0940. The number of hydrogen-bond donors (Lipinski definition) is 1. The van der Waals surface area contributed by atoms with Crippen molar-refractivity contribution in [3.05, 3.63) is 51.9 Å². The van der Waals surface area contributed by atoms with E-state index in [1.807, 2.05) is 24.3 Å². The van der Waals surface area contributed by atoms with Gasteiger partial charge in [-0.15, -0.1) is 0 Å². The molecule has 128 valence electrons. The van der Waals surface area contributed by atoms with Gasteiger partial charge in [0.1, 0.15) is 5.76 Å². The predicted molar refractivity (Wildman–Crippen MR) is 94.1 cm³/mol. The van der Waals surface area contributed by atoms with Crippen LogP contribution in [0.4, 0.5) is 0 Å². The van der Waals surface area contributed by atoms with E-state index in [2.05, 4.69) is 31.2 Å². The maximum Gasteiger partial charge on any atom is 0.274 e. The molecule has 0 fully saturated rings. The second kappa shape index (κ2) is 6.60. The summed E-state index contributed by atoms with van der Waals surface area (Å²) in [5, 5.41) is 7.64. The van der Waals surface area contributed by atoms with Crippen LogP contribution >= 0.6 is 11.6 Å². The fraction of sp³-hybridized carbons (Fsp3) is 0.474. The Morgan fingerprint density at radius 3 is 2.71 bits per heavy atom. The second-order valence-electron chi connectivity index (χ2n) is 7.55. The lowest BCUT2D eigenvalue weighted by atomic mass is 9.71. The van der Waals surface area contributed by atoms with Gasteiger partial charge in [-0.3, -0.25) is 4.79 Å². The van der Waals surface area contributed by atoms with Crippen LogP contribution in [-0.4, -0.2) is 11.1 Å². The topological polar surface area (TPSA) is 55.1 Å². The first-order valence-corrected chi connectivity index (χ1v) is 8.72. The molecular weight excluding hydrogens is 324 g/mol. The van der Waals surface area contributed by atoms with Gasteiger partial charge in [0, 0.05) is 23.6 Å². The molecule has 0 bridgehead atoms. The molecule has 0 radical (unpaired) electrons. The van der Waals surface area contributed by atoms with Crippen molar-refractivity contribution in [2.24, 2.45) is 11.3 Å². The zero-order valence-electron chi connectivity index (χ0n) is 14.4. The maximum absolute atomic E-state index is 12.5. The molecule has 1 aliphatic rings. The highest BCUT2D eigenvalue weighted by molar-refractivity contribution is 6.30. The van der Waals surface area contributed by atoms with Crippen molar-refractivity contribution < 1.29 is 9.32 Å². The van der Waals surface area contributed by atoms with E-state index < -0.39 is 0 Å². The van der Waals surface area contributed by atoms with E-state index in [1.54, 1.807) is 0 Å². The molecule has 1 aliphatic carbocycles. The summed E-state index contributed by atoms with van der Waals surface area (Å²) in [4.78, 5) is 12.5. The van der Waals surface area contributed by atoms with Crippen molar-refractivity contribution in [1.29, 1.82) is 0 Å². The average molecular weight is 347 g/mol. The molecule has 1 amide bonds. The maximum atomic E-state index is 12.5. The summed E-state index contributed by atoms with van der Waals surface area (Å²) in [6.07, 6.45) is 2.79.